The second kappa shape index (κ2) is 6.13. The van der Waals surface area contributed by atoms with Crippen LogP contribution in [0.4, 0.5) is 0 Å². The molecule has 0 bridgehead atoms. The van der Waals surface area contributed by atoms with Crippen LogP contribution in [0.3, 0.4) is 0 Å². The van der Waals surface area contributed by atoms with E-state index in [0.717, 1.165) is 5.56 Å². The van der Waals surface area contributed by atoms with Crippen LogP contribution in [0.1, 0.15) is 29.4 Å². The molecule has 0 aliphatic heterocycles. The summed E-state index contributed by atoms with van der Waals surface area (Å²) in [5.74, 6) is 0.582. The average Bonchev–Trinajstić information content (AvgIpc) is 2.89. The Bertz CT molecular complexity index is 528. The maximum Gasteiger partial charge on any atom is 0.185 e. The quantitative estimate of drug-likeness (QED) is 0.746. The fourth-order valence-corrected chi connectivity index (χ4v) is 1.96. The summed E-state index contributed by atoms with van der Waals surface area (Å²) in [7, 11) is 1.55. The van der Waals surface area contributed by atoms with E-state index in [1.807, 2.05) is 19.1 Å². The van der Waals surface area contributed by atoms with Crippen LogP contribution < -0.4 is 4.74 Å². The van der Waals surface area contributed by atoms with Crippen molar-refractivity contribution in [1.29, 1.82) is 0 Å². The molecule has 0 radical (unpaired) electrons. The predicted octanol–water partition coefficient (Wildman–Crippen LogP) is 2.12. The zero-order valence-electron chi connectivity index (χ0n) is 11.2. The fraction of sp³-hybridized carbons (Fsp3) is 0.357. The van der Waals surface area contributed by atoms with Gasteiger partial charge >= 0.3 is 0 Å². The van der Waals surface area contributed by atoms with Gasteiger partial charge in [0, 0.05) is 25.4 Å². The smallest absolute Gasteiger partial charge is 0.185 e. The molecule has 0 aromatic carbocycles. The maximum absolute atomic E-state index is 12.3. The van der Waals surface area contributed by atoms with E-state index in [1.54, 1.807) is 30.4 Å². The van der Waals surface area contributed by atoms with E-state index in [1.165, 1.54) is 0 Å². The molecule has 0 aliphatic rings. The molecule has 0 atom stereocenters. The molecule has 0 amide bonds. The lowest BCUT2D eigenvalue weighted by molar-refractivity contribution is 0.0969. The van der Waals surface area contributed by atoms with E-state index in [2.05, 4.69) is 10.1 Å². The molecular formula is C14H17N3O2. The Labute approximate surface area is 112 Å². The molecule has 0 saturated carbocycles. The largest absolute Gasteiger partial charge is 0.493 e. The summed E-state index contributed by atoms with van der Waals surface area (Å²) in [6.07, 6.45) is 6.18. The van der Waals surface area contributed by atoms with Gasteiger partial charge in [0.15, 0.2) is 11.5 Å². The summed E-state index contributed by atoms with van der Waals surface area (Å²) in [6, 6.07) is 3.84. The highest BCUT2D eigenvalue weighted by Crippen LogP contribution is 2.20. The van der Waals surface area contributed by atoms with Crippen molar-refractivity contribution in [2.45, 2.75) is 26.3 Å². The van der Waals surface area contributed by atoms with Crippen LogP contribution in [0.5, 0.6) is 5.75 Å². The molecule has 19 heavy (non-hydrogen) atoms. The molecule has 0 N–H and O–H groups in total. The number of Topliss-reactive ketones (excluding diaryl/α,β-unsaturated/α-hetero) is 1. The van der Waals surface area contributed by atoms with Crippen LogP contribution in [0.2, 0.25) is 0 Å². The summed E-state index contributed by atoms with van der Waals surface area (Å²) in [5.41, 5.74) is 1.60. The summed E-state index contributed by atoms with van der Waals surface area (Å²) in [5, 5.41) is 4.14. The number of hydrogen-bond donors (Lipinski definition) is 0. The highest BCUT2D eigenvalue weighted by atomic mass is 16.5. The molecule has 0 saturated heterocycles. The minimum absolute atomic E-state index is 0.0417. The van der Waals surface area contributed by atoms with Gasteiger partial charge in [-0.05, 0) is 25.0 Å². The minimum atomic E-state index is 0.0417. The van der Waals surface area contributed by atoms with Gasteiger partial charge in [0.2, 0.25) is 0 Å². The molecule has 2 rings (SSSR count). The van der Waals surface area contributed by atoms with Crippen molar-refractivity contribution < 1.29 is 9.53 Å². The Morgan fingerprint density at radius 3 is 2.89 bits per heavy atom. The standard InChI is InChI=1S/C14H17N3O2/c1-3-17-14(13(19-2)10-16-17)12(18)7-6-11-5-4-8-15-9-11/h4-5,8-10H,3,6-7H2,1-2H3. The van der Waals surface area contributed by atoms with Crippen LogP contribution >= 0.6 is 0 Å². The van der Waals surface area contributed by atoms with Crippen molar-refractivity contribution in [1.82, 2.24) is 14.8 Å². The first-order valence-corrected chi connectivity index (χ1v) is 6.28. The Balaban J connectivity index is 2.09. The van der Waals surface area contributed by atoms with E-state index in [-0.39, 0.29) is 5.78 Å². The van der Waals surface area contributed by atoms with Gasteiger partial charge in [0.1, 0.15) is 5.69 Å². The molecule has 0 unspecified atom stereocenters. The number of pyridine rings is 1. The van der Waals surface area contributed by atoms with Crippen molar-refractivity contribution in [2.75, 3.05) is 7.11 Å². The van der Waals surface area contributed by atoms with Gasteiger partial charge in [-0.25, -0.2) is 0 Å². The SMILES string of the molecule is CCn1ncc(OC)c1C(=O)CCc1cccnc1. The zero-order valence-corrected chi connectivity index (χ0v) is 11.2. The van der Waals surface area contributed by atoms with Crippen molar-refractivity contribution in [2.24, 2.45) is 0 Å². The number of nitrogens with zero attached hydrogens (tertiary/aromatic N) is 3. The number of methoxy groups -OCH3 is 1. The number of aryl methyl sites for hydroxylation is 2. The second-order valence-electron chi connectivity index (χ2n) is 4.16. The number of carbonyl (C=O) groups is 1. The molecule has 0 fully saturated rings. The first-order valence-electron chi connectivity index (χ1n) is 6.28. The predicted molar refractivity (Wildman–Crippen MR) is 71.3 cm³/mol. The molecule has 2 heterocycles. The first kappa shape index (κ1) is 13.3. The van der Waals surface area contributed by atoms with Gasteiger partial charge in [-0.2, -0.15) is 5.10 Å². The topological polar surface area (TPSA) is 57.0 Å². The lowest BCUT2D eigenvalue weighted by Crippen LogP contribution is -2.11. The third kappa shape index (κ3) is 2.99. The van der Waals surface area contributed by atoms with E-state index < -0.39 is 0 Å². The average molecular weight is 259 g/mol. The molecular weight excluding hydrogens is 242 g/mol. The first-order chi connectivity index (χ1) is 9.26. The number of ketones is 1. The monoisotopic (exact) mass is 259 g/mol. The molecule has 0 spiro atoms. The van der Waals surface area contributed by atoms with Gasteiger partial charge in [0.05, 0.1) is 13.3 Å². The number of carbonyl (C=O) groups excluding carboxylic acids is 1. The van der Waals surface area contributed by atoms with E-state index in [0.29, 0.717) is 30.8 Å². The van der Waals surface area contributed by atoms with Gasteiger partial charge in [0.25, 0.3) is 0 Å². The van der Waals surface area contributed by atoms with Crippen LogP contribution in [0.25, 0.3) is 0 Å². The summed E-state index contributed by atoms with van der Waals surface area (Å²) in [6.45, 7) is 2.60. The van der Waals surface area contributed by atoms with E-state index in [4.69, 9.17) is 4.74 Å². The lowest BCUT2D eigenvalue weighted by atomic mass is 10.1. The second-order valence-corrected chi connectivity index (χ2v) is 4.16. The van der Waals surface area contributed by atoms with Gasteiger partial charge < -0.3 is 4.74 Å². The van der Waals surface area contributed by atoms with Gasteiger partial charge in [-0.15, -0.1) is 0 Å². The lowest BCUT2D eigenvalue weighted by Gasteiger charge is -2.06. The van der Waals surface area contributed by atoms with E-state index in [9.17, 15) is 4.79 Å². The Morgan fingerprint density at radius 1 is 1.42 bits per heavy atom. The minimum Gasteiger partial charge on any atom is -0.493 e. The number of aromatic nitrogens is 3. The summed E-state index contributed by atoms with van der Waals surface area (Å²) in [4.78, 5) is 16.3. The van der Waals surface area contributed by atoms with Gasteiger partial charge in [-0.1, -0.05) is 6.07 Å². The summed E-state index contributed by atoms with van der Waals surface area (Å²) >= 11 is 0. The number of ether oxygens (including phenoxy) is 1. The van der Waals surface area contributed by atoms with Crippen LogP contribution in [0.15, 0.2) is 30.7 Å². The van der Waals surface area contributed by atoms with Crippen molar-refractivity contribution in [3.63, 3.8) is 0 Å². The van der Waals surface area contributed by atoms with Crippen LogP contribution in [-0.2, 0) is 13.0 Å². The molecule has 5 heteroatoms. The highest BCUT2D eigenvalue weighted by molar-refractivity contribution is 5.97. The fourth-order valence-electron chi connectivity index (χ4n) is 1.96. The van der Waals surface area contributed by atoms with Crippen LogP contribution in [0, 0.1) is 0 Å². The molecule has 100 valence electrons. The van der Waals surface area contributed by atoms with Crippen molar-refractivity contribution in [3.05, 3.63) is 42.0 Å². The Hall–Kier alpha value is -2.17. The third-order valence-electron chi connectivity index (χ3n) is 2.95. The Kier molecular flexibility index (Phi) is 4.28. The maximum atomic E-state index is 12.3. The summed E-state index contributed by atoms with van der Waals surface area (Å²) < 4.78 is 6.86. The number of hydrogen-bond acceptors (Lipinski definition) is 4. The molecule has 5 nitrogen and oxygen atoms in total. The van der Waals surface area contributed by atoms with Crippen molar-refractivity contribution >= 4 is 5.78 Å². The molecule has 0 aliphatic carbocycles. The van der Waals surface area contributed by atoms with Crippen molar-refractivity contribution in [3.8, 4) is 5.75 Å². The Morgan fingerprint density at radius 2 is 2.26 bits per heavy atom. The highest BCUT2D eigenvalue weighted by Gasteiger charge is 2.18. The van der Waals surface area contributed by atoms with E-state index >= 15 is 0 Å². The third-order valence-corrected chi connectivity index (χ3v) is 2.95. The molecule has 2 aromatic heterocycles. The normalized spacial score (nSPS) is 10.4. The zero-order chi connectivity index (χ0) is 13.7. The van der Waals surface area contributed by atoms with Gasteiger partial charge in [-0.3, -0.25) is 14.5 Å². The molecule has 2 aromatic rings. The number of rotatable bonds is 6. The van der Waals surface area contributed by atoms with Crippen LogP contribution in [-0.4, -0.2) is 27.7 Å².